The van der Waals surface area contributed by atoms with Crippen LogP contribution in [0.15, 0.2) is 11.0 Å². The number of nitrogens with zero attached hydrogens (tertiary/aromatic N) is 1. The first-order chi connectivity index (χ1) is 6.09. The molecule has 74 valence electrons. The molecule has 2 rings (SSSR count). The molecule has 13 heavy (non-hydrogen) atoms. The summed E-state index contributed by atoms with van der Waals surface area (Å²) in [6.07, 6.45) is 3.36. The van der Waals surface area contributed by atoms with Gasteiger partial charge in [0.15, 0.2) is 0 Å². The van der Waals surface area contributed by atoms with Gasteiger partial charge in [-0.3, -0.25) is 14.6 Å². The maximum Gasteiger partial charge on any atom is 0.287 e. The minimum Gasteiger partial charge on any atom is -0.393 e. The van der Waals surface area contributed by atoms with E-state index in [-0.39, 0.29) is 11.2 Å². The first-order valence-electron chi connectivity index (χ1n) is 4.22. The number of aromatic amines is 1. The van der Waals surface area contributed by atoms with Crippen LogP contribution >= 0.6 is 0 Å². The Bertz CT molecular complexity index is 311. The fourth-order valence-corrected chi connectivity index (χ4v) is 0.878. The summed E-state index contributed by atoms with van der Waals surface area (Å²) in [6.45, 7) is 3.07. The molecule has 1 aromatic rings. The summed E-state index contributed by atoms with van der Waals surface area (Å²) in [5, 5.41) is 2.44. The molecule has 1 aliphatic rings. The van der Waals surface area contributed by atoms with Crippen molar-refractivity contribution in [2.45, 2.75) is 19.4 Å². The first kappa shape index (κ1) is 9.85. The van der Waals surface area contributed by atoms with Crippen LogP contribution in [0.2, 0.25) is 0 Å². The summed E-state index contributed by atoms with van der Waals surface area (Å²) in [5.74, 6) is 0. The summed E-state index contributed by atoms with van der Waals surface area (Å²) in [5.41, 5.74) is 5.20. The smallest absolute Gasteiger partial charge is 0.287 e. The van der Waals surface area contributed by atoms with Gasteiger partial charge in [0.05, 0.1) is 6.10 Å². The van der Waals surface area contributed by atoms with Crippen LogP contribution in [-0.4, -0.2) is 22.5 Å². The van der Waals surface area contributed by atoms with E-state index in [0.717, 1.165) is 6.61 Å². The van der Waals surface area contributed by atoms with Crippen molar-refractivity contribution in [3.63, 3.8) is 0 Å². The van der Waals surface area contributed by atoms with E-state index in [1.807, 2.05) is 0 Å². The highest BCUT2D eigenvalue weighted by atomic mass is 16.5. The zero-order valence-electron chi connectivity index (χ0n) is 7.91. The Kier molecular flexibility index (Phi) is 3.13. The Labute approximate surface area is 76.5 Å². The second-order valence-corrected chi connectivity index (χ2v) is 3.11. The summed E-state index contributed by atoms with van der Waals surface area (Å²) >= 11 is 0. The van der Waals surface area contributed by atoms with Gasteiger partial charge < -0.3 is 10.5 Å². The lowest BCUT2D eigenvalue weighted by atomic mass is 10.2. The van der Waals surface area contributed by atoms with Gasteiger partial charge in [-0.15, -0.1) is 0 Å². The van der Waals surface area contributed by atoms with E-state index in [1.165, 1.54) is 17.3 Å². The maximum atomic E-state index is 10.4. The molecule has 1 atom stereocenters. The van der Waals surface area contributed by atoms with Crippen molar-refractivity contribution in [2.24, 2.45) is 7.05 Å². The van der Waals surface area contributed by atoms with Crippen molar-refractivity contribution in [1.82, 2.24) is 9.78 Å². The number of hydrogen-bond donors (Lipinski definition) is 2. The Morgan fingerprint density at radius 3 is 2.38 bits per heavy atom. The number of nitrogens with two attached hydrogens (primary N) is 1. The molecule has 0 radical (unpaired) electrons. The van der Waals surface area contributed by atoms with Gasteiger partial charge in [-0.2, -0.15) is 0 Å². The van der Waals surface area contributed by atoms with E-state index in [2.05, 4.69) is 12.0 Å². The van der Waals surface area contributed by atoms with E-state index in [1.54, 1.807) is 7.05 Å². The van der Waals surface area contributed by atoms with Gasteiger partial charge in [-0.05, 0) is 13.3 Å². The van der Waals surface area contributed by atoms with Crippen molar-refractivity contribution in [3.05, 3.63) is 16.6 Å². The van der Waals surface area contributed by atoms with E-state index in [4.69, 9.17) is 10.5 Å². The predicted octanol–water partition coefficient (Wildman–Crippen LogP) is 0.0908. The van der Waals surface area contributed by atoms with Gasteiger partial charge in [0.1, 0.15) is 5.69 Å². The molecule has 0 spiro atoms. The fourth-order valence-electron chi connectivity index (χ4n) is 0.878. The molecule has 0 aromatic carbocycles. The Balaban J connectivity index is 0.000000145. The lowest BCUT2D eigenvalue weighted by Gasteiger charge is -2.20. The number of hydrogen-bond acceptors (Lipinski definition) is 3. The van der Waals surface area contributed by atoms with E-state index >= 15 is 0 Å². The normalized spacial score (nSPS) is 20.0. The zero-order chi connectivity index (χ0) is 9.84. The quantitative estimate of drug-likeness (QED) is 0.601. The van der Waals surface area contributed by atoms with Gasteiger partial charge in [0.2, 0.25) is 0 Å². The molecule has 0 aliphatic carbocycles. The van der Waals surface area contributed by atoms with E-state index in [9.17, 15) is 4.79 Å². The Hall–Kier alpha value is -1.23. The molecule has 1 saturated heterocycles. The molecule has 0 saturated carbocycles. The van der Waals surface area contributed by atoms with Gasteiger partial charge in [0.25, 0.3) is 5.56 Å². The number of rotatable bonds is 0. The minimum atomic E-state index is -0.229. The third-order valence-electron chi connectivity index (χ3n) is 1.80. The average Bonchev–Trinajstić information content (AvgIpc) is 2.27. The van der Waals surface area contributed by atoms with Gasteiger partial charge in [-0.25, -0.2) is 0 Å². The molecule has 1 aromatic heterocycles. The number of nitrogen functional groups attached to an aromatic ring is 1. The van der Waals surface area contributed by atoms with Crippen LogP contribution in [-0.2, 0) is 11.8 Å². The average molecular weight is 185 g/mol. The monoisotopic (exact) mass is 185 g/mol. The number of anilines is 1. The molecule has 3 N–H and O–H groups in total. The lowest BCUT2D eigenvalue weighted by molar-refractivity contribution is -0.0375. The molecule has 5 heteroatoms. The Morgan fingerprint density at radius 2 is 2.31 bits per heavy atom. The third-order valence-corrected chi connectivity index (χ3v) is 1.80. The van der Waals surface area contributed by atoms with Crippen LogP contribution in [0.25, 0.3) is 0 Å². The van der Waals surface area contributed by atoms with Gasteiger partial charge in [-0.1, -0.05) is 0 Å². The van der Waals surface area contributed by atoms with E-state index in [0.29, 0.717) is 6.10 Å². The van der Waals surface area contributed by atoms with Crippen LogP contribution in [0.5, 0.6) is 0 Å². The SMILES string of the molecule is C[C@@H]1CCO1.Cn1cc(N)c(=O)[nH]1. The molecular weight excluding hydrogens is 170 g/mol. The third kappa shape index (κ3) is 2.95. The minimum absolute atomic E-state index is 0.229. The van der Waals surface area contributed by atoms with Crippen LogP contribution in [0.3, 0.4) is 0 Å². The number of H-pyrrole nitrogens is 1. The van der Waals surface area contributed by atoms with Crippen molar-refractivity contribution >= 4 is 5.69 Å². The number of ether oxygens (including phenoxy) is 1. The van der Waals surface area contributed by atoms with E-state index < -0.39 is 0 Å². The number of aryl methyl sites for hydroxylation is 1. The molecule has 1 fully saturated rings. The molecule has 2 heterocycles. The maximum absolute atomic E-state index is 10.4. The molecule has 1 aliphatic heterocycles. The van der Waals surface area contributed by atoms with Crippen LogP contribution in [0, 0.1) is 0 Å². The molecule has 5 nitrogen and oxygen atoms in total. The van der Waals surface area contributed by atoms with Crippen LogP contribution in [0.1, 0.15) is 13.3 Å². The van der Waals surface area contributed by atoms with Gasteiger partial charge >= 0.3 is 0 Å². The highest BCUT2D eigenvalue weighted by molar-refractivity contribution is 5.30. The van der Waals surface area contributed by atoms with Gasteiger partial charge in [0, 0.05) is 19.9 Å². The highest BCUT2D eigenvalue weighted by Crippen LogP contribution is 2.07. The summed E-state index contributed by atoms with van der Waals surface area (Å²) in [6, 6.07) is 0. The first-order valence-corrected chi connectivity index (χ1v) is 4.22. The zero-order valence-corrected chi connectivity index (χ0v) is 7.91. The molecular formula is C8H15N3O2. The fraction of sp³-hybridized carbons (Fsp3) is 0.625. The molecule has 0 bridgehead atoms. The number of aromatic nitrogens is 2. The summed E-state index contributed by atoms with van der Waals surface area (Å²) < 4.78 is 6.44. The van der Waals surface area contributed by atoms with Crippen molar-refractivity contribution in [2.75, 3.05) is 12.3 Å². The largest absolute Gasteiger partial charge is 0.393 e. The second kappa shape index (κ2) is 4.13. The Morgan fingerprint density at radius 1 is 1.77 bits per heavy atom. The summed E-state index contributed by atoms with van der Waals surface area (Å²) in [7, 11) is 1.71. The topological polar surface area (TPSA) is 73.0 Å². The predicted molar refractivity (Wildman–Crippen MR) is 50.5 cm³/mol. The van der Waals surface area contributed by atoms with Crippen molar-refractivity contribution in [3.8, 4) is 0 Å². The summed E-state index contributed by atoms with van der Waals surface area (Å²) in [4.78, 5) is 10.4. The highest BCUT2D eigenvalue weighted by Gasteiger charge is 2.09. The molecule has 0 amide bonds. The van der Waals surface area contributed by atoms with Crippen molar-refractivity contribution < 1.29 is 4.74 Å². The van der Waals surface area contributed by atoms with Crippen LogP contribution in [0.4, 0.5) is 5.69 Å². The molecule has 0 unspecified atom stereocenters. The standard InChI is InChI=1S/C4H7N3O.C4H8O/c1-7-2-3(5)4(8)6-7;1-4-2-3-5-4/h2H,5H2,1H3,(H,6,8);4H,2-3H2,1H3/t;4-/m.1/s1. The second-order valence-electron chi connectivity index (χ2n) is 3.11. The number of nitrogens with one attached hydrogen (secondary N) is 1. The van der Waals surface area contributed by atoms with Crippen molar-refractivity contribution in [1.29, 1.82) is 0 Å². The lowest BCUT2D eigenvalue weighted by Crippen LogP contribution is -2.22. The van der Waals surface area contributed by atoms with Crippen LogP contribution < -0.4 is 11.3 Å².